The summed E-state index contributed by atoms with van der Waals surface area (Å²) in [6.45, 7) is 1.29. The number of nitrogens with one attached hydrogen (secondary N) is 3. The van der Waals surface area contributed by atoms with Gasteiger partial charge in [0.1, 0.15) is 5.00 Å². The molecule has 31 heavy (non-hydrogen) atoms. The van der Waals surface area contributed by atoms with E-state index in [9.17, 15) is 14.4 Å². The van der Waals surface area contributed by atoms with Crippen LogP contribution >= 0.6 is 11.3 Å². The van der Waals surface area contributed by atoms with Gasteiger partial charge < -0.3 is 5.32 Å². The summed E-state index contributed by atoms with van der Waals surface area (Å²) in [4.78, 5) is 41.3. The summed E-state index contributed by atoms with van der Waals surface area (Å²) in [6, 6.07) is 20.4. The lowest BCUT2D eigenvalue weighted by atomic mass is 10.0. The molecule has 8 heteroatoms. The number of hydrogen-bond donors (Lipinski definition) is 3. The summed E-state index contributed by atoms with van der Waals surface area (Å²) in [7, 11) is 0. The second-order valence-electron chi connectivity index (χ2n) is 6.69. The topological polar surface area (TPSA) is 100 Å². The van der Waals surface area contributed by atoms with Gasteiger partial charge in [-0.25, -0.2) is 4.98 Å². The quantitative estimate of drug-likeness (QED) is 0.426. The van der Waals surface area contributed by atoms with Crippen LogP contribution in [0.25, 0.3) is 22.2 Å². The molecule has 2 aromatic heterocycles. The molecule has 0 radical (unpaired) electrons. The third kappa shape index (κ3) is 4.44. The number of carbonyl (C=O) groups is 3. The van der Waals surface area contributed by atoms with Crippen molar-refractivity contribution in [1.82, 2.24) is 15.8 Å². The van der Waals surface area contributed by atoms with Crippen molar-refractivity contribution in [3.05, 3.63) is 83.2 Å². The number of rotatable bonds is 4. The summed E-state index contributed by atoms with van der Waals surface area (Å²) >= 11 is 1.22. The van der Waals surface area contributed by atoms with Crippen molar-refractivity contribution in [2.24, 2.45) is 0 Å². The Kier molecular flexibility index (Phi) is 5.72. The number of hydrazine groups is 1. The standard InChI is InChI=1S/C23H18N4O3S/c1-14(28)26-27-22(30)17-11-12-31-23(17)25-21(29)18-13-20(15-7-3-2-4-8-15)24-19-10-6-5-9-16(18)19/h2-13H,1H3,(H,25,29)(H,26,28)(H,27,30). The lowest BCUT2D eigenvalue weighted by molar-refractivity contribution is -0.119. The molecule has 0 aliphatic carbocycles. The molecule has 3 N–H and O–H groups in total. The van der Waals surface area contributed by atoms with Crippen LogP contribution in [0.1, 0.15) is 27.6 Å². The minimum Gasteiger partial charge on any atom is -0.313 e. The molecule has 0 aliphatic heterocycles. The Bertz CT molecular complexity index is 1280. The van der Waals surface area contributed by atoms with Crippen molar-refractivity contribution in [3.8, 4) is 11.3 Å². The zero-order valence-electron chi connectivity index (χ0n) is 16.5. The number of carbonyl (C=O) groups excluding carboxylic acids is 3. The van der Waals surface area contributed by atoms with Gasteiger partial charge in [-0.15, -0.1) is 11.3 Å². The van der Waals surface area contributed by atoms with E-state index < -0.39 is 11.8 Å². The maximum atomic E-state index is 13.2. The van der Waals surface area contributed by atoms with Crippen LogP contribution in [-0.4, -0.2) is 22.7 Å². The SMILES string of the molecule is CC(=O)NNC(=O)c1ccsc1NC(=O)c1cc(-c2ccccc2)nc2ccccc12. The first-order valence-electron chi connectivity index (χ1n) is 9.44. The third-order valence-corrected chi connectivity index (χ3v) is 5.35. The Morgan fingerprint density at radius 2 is 1.58 bits per heavy atom. The van der Waals surface area contributed by atoms with Gasteiger partial charge in [-0.05, 0) is 23.6 Å². The van der Waals surface area contributed by atoms with E-state index in [1.807, 2.05) is 54.6 Å². The van der Waals surface area contributed by atoms with Gasteiger partial charge in [-0.3, -0.25) is 25.2 Å². The van der Waals surface area contributed by atoms with Crippen molar-refractivity contribution in [2.75, 3.05) is 5.32 Å². The fourth-order valence-electron chi connectivity index (χ4n) is 3.09. The van der Waals surface area contributed by atoms with Crippen LogP contribution in [0.4, 0.5) is 5.00 Å². The molecule has 154 valence electrons. The van der Waals surface area contributed by atoms with Gasteiger partial charge >= 0.3 is 0 Å². The predicted molar refractivity (Wildman–Crippen MR) is 121 cm³/mol. The molecule has 2 aromatic carbocycles. The second-order valence-corrected chi connectivity index (χ2v) is 7.61. The highest BCUT2D eigenvalue weighted by Crippen LogP contribution is 2.28. The van der Waals surface area contributed by atoms with Gasteiger partial charge in [0.05, 0.1) is 22.3 Å². The van der Waals surface area contributed by atoms with Crippen LogP contribution < -0.4 is 16.2 Å². The smallest absolute Gasteiger partial charge is 0.272 e. The number of fused-ring (bicyclic) bond motifs is 1. The van der Waals surface area contributed by atoms with E-state index in [4.69, 9.17) is 4.98 Å². The summed E-state index contributed by atoms with van der Waals surface area (Å²) in [5, 5.41) is 5.61. The summed E-state index contributed by atoms with van der Waals surface area (Å²) in [5.74, 6) is -1.27. The van der Waals surface area contributed by atoms with Gasteiger partial charge in [0.25, 0.3) is 11.8 Å². The second kappa shape index (κ2) is 8.76. The highest BCUT2D eigenvalue weighted by atomic mass is 32.1. The largest absolute Gasteiger partial charge is 0.313 e. The molecule has 7 nitrogen and oxygen atoms in total. The normalized spacial score (nSPS) is 10.5. The van der Waals surface area contributed by atoms with Crippen LogP contribution in [0.3, 0.4) is 0 Å². The van der Waals surface area contributed by atoms with E-state index >= 15 is 0 Å². The van der Waals surface area contributed by atoms with Crippen LogP contribution in [0.2, 0.25) is 0 Å². The molecular formula is C23H18N4O3S. The molecule has 0 saturated heterocycles. The van der Waals surface area contributed by atoms with E-state index in [1.54, 1.807) is 17.5 Å². The first-order chi connectivity index (χ1) is 15.0. The van der Waals surface area contributed by atoms with Crippen molar-refractivity contribution >= 4 is 45.0 Å². The molecular weight excluding hydrogens is 412 g/mol. The maximum Gasteiger partial charge on any atom is 0.272 e. The van der Waals surface area contributed by atoms with Crippen LogP contribution in [0, 0.1) is 0 Å². The lowest BCUT2D eigenvalue weighted by Gasteiger charge is -2.11. The number of pyridine rings is 1. The number of thiophene rings is 1. The number of para-hydroxylation sites is 1. The zero-order valence-corrected chi connectivity index (χ0v) is 17.3. The van der Waals surface area contributed by atoms with Gasteiger partial charge in [-0.2, -0.15) is 0 Å². The van der Waals surface area contributed by atoms with Gasteiger partial charge in [0, 0.05) is 17.9 Å². The van der Waals surface area contributed by atoms with Crippen LogP contribution in [0.5, 0.6) is 0 Å². The third-order valence-electron chi connectivity index (χ3n) is 4.52. The molecule has 2 heterocycles. The summed E-state index contributed by atoms with van der Waals surface area (Å²) in [6.07, 6.45) is 0. The number of hydrogen-bond acceptors (Lipinski definition) is 5. The minimum atomic E-state index is -0.517. The maximum absolute atomic E-state index is 13.2. The van der Waals surface area contributed by atoms with Crippen LogP contribution in [0.15, 0.2) is 72.1 Å². The first-order valence-corrected chi connectivity index (χ1v) is 10.3. The zero-order chi connectivity index (χ0) is 21.8. The molecule has 4 rings (SSSR count). The number of anilines is 1. The van der Waals surface area contributed by atoms with Crippen molar-refractivity contribution < 1.29 is 14.4 Å². The molecule has 0 saturated carbocycles. The first kappa shape index (κ1) is 20.2. The van der Waals surface area contributed by atoms with E-state index in [-0.39, 0.29) is 11.5 Å². The molecule has 4 aromatic rings. The minimum absolute atomic E-state index is 0.258. The molecule has 0 fully saturated rings. The number of amides is 3. The molecule has 0 unspecified atom stereocenters. The van der Waals surface area contributed by atoms with Crippen LogP contribution in [-0.2, 0) is 4.79 Å². The predicted octanol–water partition coefficient (Wildman–Crippen LogP) is 4.00. The van der Waals surface area contributed by atoms with Crippen molar-refractivity contribution in [3.63, 3.8) is 0 Å². The van der Waals surface area contributed by atoms with Crippen molar-refractivity contribution in [1.29, 1.82) is 0 Å². The Balaban J connectivity index is 1.68. The van der Waals surface area contributed by atoms with Gasteiger partial charge in [0.15, 0.2) is 0 Å². The van der Waals surface area contributed by atoms with Gasteiger partial charge in [-0.1, -0.05) is 48.5 Å². The highest BCUT2D eigenvalue weighted by Gasteiger charge is 2.19. The number of benzene rings is 2. The highest BCUT2D eigenvalue weighted by molar-refractivity contribution is 7.14. The molecule has 0 spiro atoms. The molecule has 0 aliphatic rings. The fraction of sp³-hybridized carbons (Fsp3) is 0.0435. The average Bonchev–Trinajstić information content (AvgIpc) is 3.25. The van der Waals surface area contributed by atoms with E-state index in [2.05, 4.69) is 16.2 Å². The van der Waals surface area contributed by atoms with E-state index in [0.29, 0.717) is 27.2 Å². The average molecular weight is 430 g/mol. The monoisotopic (exact) mass is 430 g/mol. The Hall–Kier alpha value is -4.04. The Labute approximate surface area is 182 Å². The Morgan fingerprint density at radius 3 is 2.35 bits per heavy atom. The molecule has 0 atom stereocenters. The summed E-state index contributed by atoms with van der Waals surface area (Å²) < 4.78 is 0. The fourth-order valence-corrected chi connectivity index (χ4v) is 3.87. The number of aromatic nitrogens is 1. The number of nitrogens with zero attached hydrogens (tertiary/aromatic N) is 1. The van der Waals surface area contributed by atoms with E-state index in [1.165, 1.54) is 18.3 Å². The Morgan fingerprint density at radius 1 is 0.839 bits per heavy atom. The lowest BCUT2D eigenvalue weighted by Crippen LogP contribution is -2.40. The summed E-state index contributed by atoms with van der Waals surface area (Å²) in [5.41, 5.74) is 7.53. The van der Waals surface area contributed by atoms with Crippen molar-refractivity contribution in [2.45, 2.75) is 6.92 Å². The molecule has 3 amide bonds. The van der Waals surface area contributed by atoms with E-state index in [0.717, 1.165) is 5.56 Å². The van der Waals surface area contributed by atoms with Gasteiger partial charge in [0.2, 0.25) is 5.91 Å². The molecule has 0 bridgehead atoms.